The van der Waals surface area contributed by atoms with Crippen LogP contribution in [0.1, 0.15) is 74.9 Å². The number of nitrogens with zero attached hydrogens (tertiary/aromatic N) is 6. The smallest absolute Gasteiger partial charge is 0.143 e. The van der Waals surface area contributed by atoms with Crippen molar-refractivity contribution in [1.29, 1.82) is 0 Å². The van der Waals surface area contributed by atoms with E-state index in [0.29, 0.717) is 0 Å². The summed E-state index contributed by atoms with van der Waals surface area (Å²) in [5.74, 6) is 0. The minimum absolute atomic E-state index is 0.156. The van der Waals surface area contributed by atoms with E-state index >= 15 is 0 Å². The molecule has 0 spiro atoms. The highest BCUT2D eigenvalue weighted by Crippen LogP contribution is 2.58. The van der Waals surface area contributed by atoms with Gasteiger partial charge in [0.1, 0.15) is 22.3 Å². The van der Waals surface area contributed by atoms with Gasteiger partial charge in [0.05, 0.1) is 77.6 Å². The topological polar surface area (TPSA) is 50.8 Å². The van der Waals surface area contributed by atoms with Crippen molar-refractivity contribution in [1.82, 2.24) is 13.7 Å². The number of para-hydroxylation sites is 12. The summed E-state index contributed by atoms with van der Waals surface area (Å²) in [7, 11) is 0. The molecule has 31 rings (SSSR count). The highest BCUT2D eigenvalue weighted by Gasteiger charge is 2.41. The van der Waals surface area contributed by atoms with Crippen LogP contribution in [0.4, 0.5) is 51.2 Å². The lowest BCUT2D eigenvalue weighted by atomic mass is 9.73. The molecule has 0 aliphatic carbocycles. The number of thiophene rings is 1. The predicted octanol–water partition coefficient (Wildman–Crippen LogP) is 39.5. The second kappa shape index (κ2) is 34.3. The molecule has 0 saturated carbocycles. The van der Waals surface area contributed by atoms with E-state index in [2.05, 4.69) is 543 Å². The molecule has 0 N–H and O–H groups in total. The predicted molar refractivity (Wildman–Crippen MR) is 632 cm³/mol. The molecule has 712 valence electrons. The van der Waals surface area contributed by atoms with E-state index in [-0.39, 0.29) is 16.2 Å². The summed E-state index contributed by atoms with van der Waals surface area (Å²) in [6.45, 7) is 14.2. The van der Waals surface area contributed by atoms with Gasteiger partial charge in [-0.25, -0.2) is 0 Å². The molecule has 8 nitrogen and oxygen atoms in total. The number of hydrogen-bond donors (Lipinski definition) is 0. The van der Waals surface area contributed by atoms with Crippen LogP contribution >= 0.6 is 11.3 Å². The summed E-state index contributed by atoms with van der Waals surface area (Å²) in [6, 6.07) is 181. The van der Waals surface area contributed by atoms with Crippen LogP contribution < -0.4 is 14.7 Å². The number of fused-ring (bicyclic) bond motifs is 24. The Morgan fingerprint density at radius 3 is 0.980 bits per heavy atom. The Hall–Kier alpha value is -18.5. The zero-order valence-corrected chi connectivity index (χ0v) is 84.6. The first-order valence-corrected chi connectivity index (χ1v) is 52.7. The normalized spacial score (nSPS) is 13.7. The monoisotopic (exact) mass is 1940 g/mol. The van der Waals surface area contributed by atoms with Crippen molar-refractivity contribution in [3.8, 4) is 61.6 Å². The zero-order valence-electron chi connectivity index (χ0n) is 83.8. The number of rotatable bonds is 10. The lowest BCUT2D eigenvalue weighted by Crippen LogP contribution is -2.30. The lowest BCUT2D eigenvalue weighted by Gasteiger charge is -2.42. The molecule has 3 aliphatic rings. The van der Waals surface area contributed by atoms with Gasteiger partial charge in [0.2, 0.25) is 0 Å². The third kappa shape index (κ3) is 13.8. The van der Waals surface area contributed by atoms with Crippen molar-refractivity contribution >= 4 is 192 Å². The Morgan fingerprint density at radius 1 is 0.180 bits per heavy atom. The molecule has 0 unspecified atom stereocenters. The first-order chi connectivity index (χ1) is 73.7. The van der Waals surface area contributed by atoms with E-state index in [1.807, 2.05) is 35.6 Å². The molecule has 0 bridgehead atoms. The van der Waals surface area contributed by atoms with Crippen LogP contribution in [0.25, 0.3) is 191 Å². The summed E-state index contributed by atoms with van der Waals surface area (Å²) in [5, 5.41) is 14.7. The van der Waals surface area contributed by atoms with Crippen LogP contribution in [-0.2, 0) is 16.2 Å². The second-order valence-electron chi connectivity index (χ2n) is 41.7. The van der Waals surface area contributed by atoms with Gasteiger partial charge in [0.25, 0.3) is 0 Å². The molecule has 0 atom stereocenters. The number of hydrogen-bond acceptors (Lipinski definition) is 6. The van der Waals surface area contributed by atoms with Gasteiger partial charge in [-0.1, -0.05) is 339 Å². The largest absolute Gasteiger partial charge is 0.456 e. The maximum atomic E-state index is 6.38. The van der Waals surface area contributed by atoms with Gasteiger partial charge in [0.15, 0.2) is 0 Å². The summed E-state index contributed by atoms with van der Waals surface area (Å²) >= 11 is 1.89. The van der Waals surface area contributed by atoms with E-state index in [0.717, 1.165) is 66.4 Å². The van der Waals surface area contributed by atoms with Crippen LogP contribution in [0.3, 0.4) is 0 Å². The molecule has 3 aliphatic heterocycles. The van der Waals surface area contributed by atoms with E-state index < -0.39 is 0 Å². The summed E-state index contributed by atoms with van der Waals surface area (Å²) in [4.78, 5) is 7.25. The van der Waals surface area contributed by atoms with Crippen LogP contribution in [0.2, 0.25) is 0 Å². The average molecular weight is 1940 g/mol. The van der Waals surface area contributed by atoms with Gasteiger partial charge in [-0.3, -0.25) is 0 Å². The molecule has 9 heterocycles. The minimum atomic E-state index is -0.171. The van der Waals surface area contributed by atoms with Gasteiger partial charge in [-0.15, -0.1) is 11.3 Å². The molecular weight excluding hydrogens is 1840 g/mol. The summed E-state index contributed by atoms with van der Waals surface area (Å²) in [6.07, 6.45) is 0. The van der Waals surface area contributed by atoms with Gasteiger partial charge >= 0.3 is 0 Å². The van der Waals surface area contributed by atoms with Crippen molar-refractivity contribution in [2.75, 3.05) is 14.7 Å². The Balaban J connectivity index is 0.000000106. The molecular formula is C141H100N6O2S. The van der Waals surface area contributed by atoms with Crippen molar-refractivity contribution in [2.45, 2.75) is 57.8 Å². The number of benzene rings is 22. The zero-order chi connectivity index (χ0) is 99.9. The maximum absolute atomic E-state index is 6.38. The van der Waals surface area contributed by atoms with Crippen molar-refractivity contribution in [3.05, 3.63) is 531 Å². The molecule has 9 heteroatoms. The molecule has 0 saturated heterocycles. The number of anilines is 9. The Bertz CT molecular complexity index is 10400. The second-order valence-corrected chi connectivity index (χ2v) is 42.8. The standard InChI is InChI=1S/C51H36N2O.C45H32N2O.C45H32N2S/c1-51(2)43-19-8-10-21-47(43)53(36-13-4-3-5-14-36)48-30-26-35(32-44(48)51)34-25-29-46-42(31-34)39-15-6-9-20-45(39)52(46)37-27-23-33(24-28-37)38-17-12-18-41-40-16-7-11-22-49(40)54-50(38)41;1-45(2)37-16-8-10-18-41(37)46(31-12-4-3-5-13-31)42-24-21-30(27-38(42)45)29-20-23-40-35(26-29)33-14-6-9-17-39(33)47(40)32-22-25-44-36(28-32)34-15-7-11-19-43(34)48-44;1-45(2)36-18-8-10-20-40(36)46(31-13-4-3-5-14-31)41-26-24-30(28-37(41)45)29-23-25-39-35(27-29)32-15-6-9-19-38(32)47(39)42-21-12-17-34-33-16-7-11-22-43(33)48-44(34)42/h3-32H,1-2H3;2*3-28H,1-2H3. The first-order valence-electron chi connectivity index (χ1n) is 51.9. The lowest BCUT2D eigenvalue weighted by molar-refractivity contribution is 0.632. The van der Waals surface area contributed by atoms with E-state index in [1.165, 1.54) is 209 Å². The average Bonchev–Trinajstić information content (AvgIpc) is 1.01. The van der Waals surface area contributed by atoms with Gasteiger partial charge in [-0.2, -0.15) is 0 Å². The number of aromatic nitrogens is 3. The molecule has 0 amide bonds. The van der Waals surface area contributed by atoms with Gasteiger partial charge in [0, 0.05) is 120 Å². The summed E-state index contributed by atoms with van der Waals surface area (Å²) < 4.78 is 22.4. The van der Waals surface area contributed by atoms with Crippen LogP contribution in [0, 0.1) is 0 Å². The fourth-order valence-electron chi connectivity index (χ4n) is 25.0. The van der Waals surface area contributed by atoms with Crippen molar-refractivity contribution in [3.63, 3.8) is 0 Å². The fourth-order valence-corrected chi connectivity index (χ4v) is 26.2. The van der Waals surface area contributed by atoms with Crippen LogP contribution in [0.15, 0.2) is 506 Å². The van der Waals surface area contributed by atoms with Gasteiger partial charge < -0.3 is 37.2 Å². The number of furan rings is 2. The highest BCUT2D eigenvalue weighted by atomic mass is 32.1. The van der Waals surface area contributed by atoms with Gasteiger partial charge in [-0.05, 0) is 273 Å². The van der Waals surface area contributed by atoms with E-state index in [4.69, 9.17) is 8.83 Å². The quantitative estimate of drug-likeness (QED) is 0.137. The molecule has 28 aromatic rings. The summed E-state index contributed by atoms with van der Waals surface area (Å²) in [5.41, 5.74) is 42.4. The highest BCUT2D eigenvalue weighted by molar-refractivity contribution is 7.26. The van der Waals surface area contributed by atoms with Crippen LogP contribution in [-0.4, -0.2) is 13.7 Å². The minimum Gasteiger partial charge on any atom is -0.456 e. The molecule has 150 heavy (non-hydrogen) atoms. The Labute approximate surface area is 873 Å². The first kappa shape index (κ1) is 88.0. The third-order valence-corrected chi connectivity index (χ3v) is 33.5. The molecule has 22 aromatic carbocycles. The SMILES string of the molecule is CC1(C)c2ccccc2N(c2ccccc2)c2ccc(-c3ccc4c(c3)c3ccccc3n4-c3ccc(-c4cccc5c4oc4ccccc45)cc3)cc21.CC1(C)c2ccccc2N(c2ccccc2)c2ccc(-c3ccc4c(c3)c3ccccc3n4-c3ccc4oc5ccccc5c4c3)cc21.CC1(C)c2ccccc2N(c2ccccc2)c2ccc(-c3ccc4c(c3)c3ccccc3n4-c3cccc4c3sc3ccccc34)cc21. The molecule has 6 aromatic heterocycles. The maximum Gasteiger partial charge on any atom is 0.143 e. The fraction of sp³-hybridized carbons (Fsp3) is 0.0638. The Kier molecular flexibility index (Phi) is 20.1. The Morgan fingerprint density at radius 2 is 0.500 bits per heavy atom. The van der Waals surface area contributed by atoms with E-state index in [1.54, 1.807) is 0 Å². The van der Waals surface area contributed by atoms with Crippen molar-refractivity contribution in [2.24, 2.45) is 0 Å². The molecule has 0 fully saturated rings. The third-order valence-electron chi connectivity index (χ3n) is 32.3. The van der Waals surface area contributed by atoms with E-state index in [9.17, 15) is 0 Å². The van der Waals surface area contributed by atoms with Crippen LogP contribution in [0.5, 0.6) is 0 Å². The molecule has 0 radical (unpaired) electrons. The van der Waals surface area contributed by atoms with Crippen molar-refractivity contribution < 1.29 is 8.83 Å².